The number of fused-ring (bicyclic) bond motifs is 1. The van der Waals surface area contributed by atoms with Crippen LogP contribution in [-0.4, -0.2) is 17.1 Å². The van der Waals surface area contributed by atoms with E-state index in [0.717, 1.165) is 27.7 Å². The Labute approximate surface area is 173 Å². The van der Waals surface area contributed by atoms with Crippen LogP contribution in [0.1, 0.15) is 41.3 Å². The number of pyridine rings is 1. The molecule has 2 aromatic carbocycles. The predicted octanol–water partition coefficient (Wildman–Crippen LogP) is 5.85. The van der Waals surface area contributed by atoms with Gasteiger partial charge in [0, 0.05) is 16.5 Å². The summed E-state index contributed by atoms with van der Waals surface area (Å²) in [7, 11) is 0. The van der Waals surface area contributed by atoms with E-state index in [0.29, 0.717) is 11.5 Å². The average molecular weight is 400 g/mol. The second-order valence-electron chi connectivity index (χ2n) is 7.10. The minimum atomic E-state index is -0.255. The third-order valence-electron chi connectivity index (χ3n) is 4.76. The number of rotatable bonds is 5. The van der Waals surface area contributed by atoms with Gasteiger partial charge >= 0.3 is 0 Å². The molecule has 144 valence electrons. The first-order chi connectivity index (χ1) is 14.1. The second-order valence-corrected chi connectivity index (χ2v) is 7.88. The molecule has 0 atom stereocenters. The maximum absolute atomic E-state index is 12.9. The number of thiophene rings is 1. The number of nitrogens with one attached hydrogen (secondary N) is 1. The molecular weight excluding hydrogens is 378 g/mol. The summed E-state index contributed by atoms with van der Waals surface area (Å²) in [6.07, 6.45) is 1.64. The molecule has 2 heterocycles. The number of hydrogen-bond donors (Lipinski definition) is 1. The number of benzene rings is 2. The van der Waals surface area contributed by atoms with Crippen molar-refractivity contribution in [1.82, 2.24) is 10.4 Å². The Balaban J connectivity index is 1.69. The maximum Gasteiger partial charge on any atom is 0.272 e. The van der Waals surface area contributed by atoms with Gasteiger partial charge in [-0.05, 0) is 40.4 Å². The first kappa shape index (κ1) is 19.0. The SMILES string of the molecule is CC(C)c1ccc(-c2cc(C(=O)NN=Cc3ccsc3)c3ccccc3n2)cc1. The highest BCUT2D eigenvalue weighted by molar-refractivity contribution is 7.08. The van der Waals surface area contributed by atoms with E-state index >= 15 is 0 Å². The Hall–Kier alpha value is -3.31. The summed E-state index contributed by atoms with van der Waals surface area (Å²) in [6, 6.07) is 19.8. The van der Waals surface area contributed by atoms with Crippen LogP contribution in [0.5, 0.6) is 0 Å². The van der Waals surface area contributed by atoms with Crippen LogP contribution < -0.4 is 5.43 Å². The highest BCUT2D eigenvalue weighted by atomic mass is 32.1. The highest BCUT2D eigenvalue weighted by Gasteiger charge is 2.13. The Morgan fingerprint density at radius 3 is 2.62 bits per heavy atom. The van der Waals surface area contributed by atoms with E-state index in [4.69, 9.17) is 4.98 Å². The van der Waals surface area contributed by atoms with Crippen LogP contribution >= 0.6 is 11.3 Å². The first-order valence-electron chi connectivity index (χ1n) is 9.47. The highest BCUT2D eigenvalue weighted by Crippen LogP contribution is 2.26. The fourth-order valence-corrected chi connectivity index (χ4v) is 3.73. The molecule has 0 aliphatic heterocycles. The van der Waals surface area contributed by atoms with Gasteiger partial charge in [0.05, 0.1) is 23.0 Å². The summed E-state index contributed by atoms with van der Waals surface area (Å²) in [4.78, 5) is 17.6. The molecule has 4 rings (SSSR count). The Kier molecular flexibility index (Phi) is 5.49. The lowest BCUT2D eigenvalue weighted by Crippen LogP contribution is -2.18. The van der Waals surface area contributed by atoms with Gasteiger partial charge in [-0.1, -0.05) is 56.3 Å². The molecule has 1 amide bonds. The van der Waals surface area contributed by atoms with Gasteiger partial charge in [-0.15, -0.1) is 0 Å². The number of hydrogen-bond acceptors (Lipinski definition) is 4. The van der Waals surface area contributed by atoms with Gasteiger partial charge < -0.3 is 0 Å². The van der Waals surface area contributed by atoms with Crippen LogP contribution in [0.15, 0.2) is 76.5 Å². The van der Waals surface area contributed by atoms with Crippen molar-refractivity contribution in [2.45, 2.75) is 19.8 Å². The van der Waals surface area contributed by atoms with Crippen molar-refractivity contribution in [3.63, 3.8) is 0 Å². The Morgan fingerprint density at radius 1 is 1.10 bits per heavy atom. The number of aromatic nitrogens is 1. The molecule has 0 saturated heterocycles. The monoisotopic (exact) mass is 399 g/mol. The minimum Gasteiger partial charge on any atom is -0.267 e. The number of hydrazone groups is 1. The third-order valence-corrected chi connectivity index (χ3v) is 5.46. The van der Waals surface area contributed by atoms with Crippen LogP contribution in [0.4, 0.5) is 0 Å². The van der Waals surface area contributed by atoms with Gasteiger partial charge in [-0.3, -0.25) is 4.79 Å². The molecule has 0 radical (unpaired) electrons. The molecule has 2 aromatic heterocycles. The van der Waals surface area contributed by atoms with Crippen molar-refractivity contribution in [2.24, 2.45) is 5.10 Å². The normalized spacial score (nSPS) is 11.4. The van der Waals surface area contributed by atoms with Crippen LogP contribution in [0, 0.1) is 0 Å². The first-order valence-corrected chi connectivity index (χ1v) is 10.4. The summed E-state index contributed by atoms with van der Waals surface area (Å²) in [6.45, 7) is 4.34. The number of para-hydroxylation sites is 1. The van der Waals surface area contributed by atoms with E-state index in [9.17, 15) is 4.79 Å². The number of amides is 1. The van der Waals surface area contributed by atoms with Crippen molar-refractivity contribution in [3.8, 4) is 11.3 Å². The molecule has 0 aliphatic carbocycles. The van der Waals surface area contributed by atoms with Crippen molar-refractivity contribution in [2.75, 3.05) is 0 Å². The Bertz CT molecular complexity index is 1160. The van der Waals surface area contributed by atoms with E-state index in [2.05, 4.69) is 48.6 Å². The zero-order chi connectivity index (χ0) is 20.2. The van der Waals surface area contributed by atoms with Crippen molar-refractivity contribution >= 4 is 34.4 Å². The van der Waals surface area contributed by atoms with Crippen LogP contribution in [0.25, 0.3) is 22.2 Å². The van der Waals surface area contributed by atoms with Gasteiger partial charge in [0.25, 0.3) is 5.91 Å². The van der Waals surface area contributed by atoms with Gasteiger partial charge in [0.15, 0.2) is 0 Å². The standard InChI is InChI=1S/C24H21N3OS/c1-16(2)18-7-9-19(10-8-18)23-13-21(20-5-3-4-6-22(20)26-23)24(28)27-25-14-17-11-12-29-15-17/h3-16H,1-2H3,(H,27,28). The molecule has 0 saturated carbocycles. The van der Waals surface area contributed by atoms with Crippen molar-refractivity contribution in [3.05, 3.63) is 88.1 Å². The smallest absolute Gasteiger partial charge is 0.267 e. The molecule has 1 N–H and O–H groups in total. The number of carbonyl (C=O) groups is 1. The predicted molar refractivity (Wildman–Crippen MR) is 121 cm³/mol. The summed E-state index contributed by atoms with van der Waals surface area (Å²) < 4.78 is 0. The number of carbonyl (C=O) groups excluding carboxylic acids is 1. The molecule has 29 heavy (non-hydrogen) atoms. The lowest BCUT2D eigenvalue weighted by atomic mass is 9.99. The van der Waals surface area contributed by atoms with Gasteiger partial charge in [-0.25, -0.2) is 10.4 Å². The molecule has 4 nitrogen and oxygen atoms in total. The Morgan fingerprint density at radius 2 is 1.90 bits per heavy atom. The van der Waals surface area contributed by atoms with Crippen LogP contribution in [0.2, 0.25) is 0 Å². The summed E-state index contributed by atoms with van der Waals surface area (Å²) >= 11 is 1.59. The van der Waals surface area contributed by atoms with Crippen molar-refractivity contribution < 1.29 is 4.79 Å². The molecule has 0 aliphatic rings. The molecule has 5 heteroatoms. The van der Waals surface area contributed by atoms with Crippen LogP contribution in [0.3, 0.4) is 0 Å². The summed E-state index contributed by atoms with van der Waals surface area (Å²) in [5.41, 5.74) is 7.96. The minimum absolute atomic E-state index is 0.255. The lowest BCUT2D eigenvalue weighted by Gasteiger charge is -2.10. The molecule has 0 bridgehead atoms. The summed E-state index contributed by atoms with van der Waals surface area (Å²) in [5, 5.41) is 8.83. The molecular formula is C24H21N3OS. The average Bonchev–Trinajstić information content (AvgIpc) is 3.26. The largest absolute Gasteiger partial charge is 0.272 e. The van der Waals surface area contributed by atoms with Gasteiger partial charge in [0.1, 0.15) is 0 Å². The van der Waals surface area contributed by atoms with E-state index in [-0.39, 0.29) is 5.91 Å². The van der Waals surface area contributed by atoms with E-state index in [1.54, 1.807) is 17.6 Å². The van der Waals surface area contributed by atoms with Gasteiger partial charge in [0.2, 0.25) is 0 Å². The van der Waals surface area contributed by atoms with E-state index < -0.39 is 0 Å². The number of nitrogens with zero attached hydrogens (tertiary/aromatic N) is 2. The topological polar surface area (TPSA) is 54.4 Å². The fraction of sp³-hybridized carbons (Fsp3) is 0.125. The van der Waals surface area contributed by atoms with E-state index in [1.807, 2.05) is 47.2 Å². The maximum atomic E-state index is 12.9. The van der Waals surface area contributed by atoms with Gasteiger partial charge in [-0.2, -0.15) is 16.4 Å². The lowest BCUT2D eigenvalue weighted by molar-refractivity contribution is 0.0956. The molecule has 0 fully saturated rings. The second kappa shape index (κ2) is 8.37. The fourth-order valence-electron chi connectivity index (χ4n) is 3.12. The van der Waals surface area contributed by atoms with Crippen LogP contribution in [-0.2, 0) is 0 Å². The summed E-state index contributed by atoms with van der Waals surface area (Å²) in [5.74, 6) is 0.214. The molecule has 0 spiro atoms. The van der Waals surface area contributed by atoms with Crippen molar-refractivity contribution in [1.29, 1.82) is 0 Å². The zero-order valence-corrected chi connectivity index (χ0v) is 17.1. The quantitative estimate of drug-likeness (QED) is 0.338. The molecule has 0 unspecified atom stereocenters. The zero-order valence-electron chi connectivity index (χ0n) is 16.3. The third kappa shape index (κ3) is 4.25. The van der Waals surface area contributed by atoms with E-state index in [1.165, 1.54) is 5.56 Å². The molecule has 4 aromatic rings.